The summed E-state index contributed by atoms with van der Waals surface area (Å²) in [5.74, 6) is -0.881. The number of methoxy groups -OCH3 is 1. The van der Waals surface area contributed by atoms with E-state index < -0.39 is 39.6 Å². The number of carbonyl (C=O) groups excluding carboxylic acids is 2. The minimum atomic E-state index is -4.17. The Balaban J connectivity index is 1.70. The largest absolute Gasteiger partial charge is 0.460 e. The lowest BCUT2D eigenvalue weighted by Crippen LogP contribution is -2.63. The number of benzene rings is 1. The molecule has 2 bridgehead atoms. The van der Waals surface area contributed by atoms with E-state index in [0.29, 0.717) is 0 Å². The van der Waals surface area contributed by atoms with E-state index in [-0.39, 0.29) is 52.8 Å². The Bertz CT molecular complexity index is 1250. The number of esters is 1. The van der Waals surface area contributed by atoms with Crippen LogP contribution in [-0.2, 0) is 33.4 Å². The van der Waals surface area contributed by atoms with Crippen LogP contribution in [0.2, 0.25) is 0 Å². The van der Waals surface area contributed by atoms with Crippen molar-refractivity contribution in [2.75, 3.05) is 13.7 Å². The average molecular weight is 578 g/mol. The predicted octanol–water partition coefficient (Wildman–Crippen LogP) is 4.93. The number of hydrogen-bond acceptors (Lipinski definition) is 9. The molecule has 0 unspecified atom stereocenters. The van der Waals surface area contributed by atoms with Crippen molar-refractivity contribution >= 4 is 28.1 Å². The summed E-state index contributed by atoms with van der Waals surface area (Å²) in [6, 6.07) is 6.17. The van der Waals surface area contributed by atoms with E-state index in [4.69, 9.17) is 13.7 Å². The molecular weight excluding hydrogens is 534 g/mol. The van der Waals surface area contributed by atoms with E-state index in [0.717, 1.165) is 31.2 Å². The molecule has 1 N–H and O–H groups in total. The lowest BCUT2D eigenvalue weighted by Gasteiger charge is -2.61. The highest BCUT2D eigenvalue weighted by molar-refractivity contribution is 7.86. The Morgan fingerprint density at radius 1 is 1.15 bits per heavy atom. The molecule has 0 aromatic heterocycles. The van der Waals surface area contributed by atoms with Crippen molar-refractivity contribution in [1.29, 1.82) is 0 Å². The van der Waals surface area contributed by atoms with Crippen molar-refractivity contribution in [2.24, 2.45) is 39.2 Å². The Morgan fingerprint density at radius 3 is 2.42 bits per heavy atom. The van der Waals surface area contributed by atoms with Gasteiger partial charge in [0.15, 0.2) is 6.61 Å². The van der Waals surface area contributed by atoms with Gasteiger partial charge in [-0.1, -0.05) is 45.4 Å². The number of carbonyl (C=O) groups is 2. The van der Waals surface area contributed by atoms with Crippen LogP contribution in [0.25, 0.3) is 0 Å². The number of rotatable bonds is 8. The minimum Gasteiger partial charge on any atom is -0.460 e. The zero-order valence-corrected chi connectivity index (χ0v) is 25.2. The van der Waals surface area contributed by atoms with Gasteiger partial charge >= 0.3 is 5.97 Å². The van der Waals surface area contributed by atoms with Gasteiger partial charge in [-0.25, -0.2) is 4.79 Å². The monoisotopic (exact) mass is 577 g/mol. The summed E-state index contributed by atoms with van der Waals surface area (Å²) in [6.45, 7) is 9.23. The molecule has 3 fully saturated rings. The van der Waals surface area contributed by atoms with Crippen molar-refractivity contribution in [3.63, 3.8) is 0 Å². The summed E-state index contributed by atoms with van der Waals surface area (Å²) >= 11 is 0. The third-order valence-electron chi connectivity index (χ3n) is 10.7. The van der Waals surface area contributed by atoms with E-state index in [9.17, 15) is 23.2 Å². The summed E-state index contributed by atoms with van der Waals surface area (Å²) in [6.07, 6.45) is 4.33. The molecule has 9 nitrogen and oxygen atoms in total. The molecule has 3 aliphatic rings. The fourth-order valence-corrected chi connectivity index (χ4v) is 9.04. The van der Waals surface area contributed by atoms with E-state index in [1.54, 1.807) is 19.2 Å². The highest BCUT2D eigenvalue weighted by Crippen LogP contribution is 2.68. The smallest absolute Gasteiger partial charge is 0.333 e. The standard InChI is InChI=1S/C30H43NO8S/c1-19-7-9-22(10-8-19)40(35,36)38-18-25(32)39-24-17-28(4,15-16-31-34)27(33)21(3)30-13-11-20(2)29(24,5)26(30)23(37-6)12-14-30/h7-10,16,20-21,23-24,26,34H,11-15,17-18H2,1-6H3/b31-16+/t20-,21+,23-,24-,26+,28+,29+,30+/m1/s1. The molecule has 1 aromatic rings. The van der Waals surface area contributed by atoms with Gasteiger partial charge in [0.2, 0.25) is 0 Å². The SMILES string of the molecule is CO[C@@H]1CC[C@]23CC[C@@H](C)[C@](C)([C@H]12)[C@H](OC(=O)COS(=O)(=O)c1ccc(C)cc1)C[C@](C)(C/C=N/O)C(=O)[C@@H]3C. The summed E-state index contributed by atoms with van der Waals surface area (Å²) in [5.41, 5.74) is -0.916. The molecule has 222 valence electrons. The number of ether oxygens (including phenoxy) is 2. The fraction of sp³-hybridized carbons (Fsp3) is 0.700. The van der Waals surface area contributed by atoms with Gasteiger partial charge in [0.1, 0.15) is 11.9 Å². The normalized spacial score (nSPS) is 38.0. The Labute approximate surface area is 237 Å². The second-order valence-corrected chi connectivity index (χ2v) is 14.3. The van der Waals surface area contributed by atoms with Crippen LogP contribution in [0, 0.1) is 40.9 Å². The van der Waals surface area contributed by atoms with Crippen LogP contribution in [0.4, 0.5) is 0 Å². The lowest BCUT2D eigenvalue weighted by atomic mass is 9.44. The third-order valence-corrected chi connectivity index (χ3v) is 12.0. The second kappa shape index (κ2) is 11.2. The van der Waals surface area contributed by atoms with Gasteiger partial charge in [-0.05, 0) is 68.9 Å². The maximum atomic E-state index is 14.2. The van der Waals surface area contributed by atoms with Gasteiger partial charge in [0.05, 0.1) is 11.0 Å². The number of oxime groups is 1. The van der Waals surface area contributed by atoms with Crippen LogP contribution in [0.3, 0.4) is 0 Å². The number of aryl methyl sites for hydroxylation is 1. The van der Waals surface area contributed by atoms with Gasteiger partial charge in [-0.2, -0.15) is 8.42 Å². The molecule has 1 aromatic carbocycles. The van der Waals surface area contributed by atoms with Crippen LogP contribution < -0.4 is 0 Å². The first kappa shape index (κ1) is 30.7. The molecule has 0 amide bonds. The highest BCUT2D eigenvalue weighted by Gasteiger charge is 2.68. The van der Waals surface area contributed by atoms with E-state index in [1.807, 2.05) is 20.8 Å². The summed E-state index contributed by atoms with van der Waals surface area (Å²) in [4.78, 5) is 27.4. The van der Waals surface area contributed by atoms with E-state index in [2.05, 4.69) is 19.0 Å². The molecule has 0 heterocycles. The minimum absolute atomic E-state index is 0.0289. The Morgan fingerprint density at radius 2 is 1.80 bits per heavy atom. The van der Waals surface area contributed by atoms with Crippen LogP contribution in [0.1, 0.15) is 71.8 Å². The first-order valence-corrected chi connectivity index (χ1v) is 15.5. The van der Waals surface area contributed by atoms with Gasteiger partial charge in [0, 0.05) is 36.0 Å². The molecule has 8 atom stereocenters. The lowest BCUT2D eigenvalue weighted by molar-refractivity contribution is -0.207. The van der Waals surface area contributed by atoms with Gasteiger partial charge in [-0.15, -0.1) is 5.16 Å². The van der Waals surface area contributed by atoms with Crippen LogP contribution >= 0.6 is 0 Å². The molecule has 10 heteroatoms. The summed E-state index contributed by atoms with van der Waals surface area (Å²) in [5, 5.41) is 12.4. The van der Waals surface area contributed by atoms with Gasteiger partial charge in [0.25, 0.3) is 10.1 Å². The van der Waals surface area contributed by atoms with E-state index in [1.165, 1.54) is 18.3 Å². The van der Waals surface area contributed by atoms with Gasteiger partial charge in [-0.3, -0.25) is 8.98 Å². The molecule has 3 aliphatic carbocycles. The molecule has 0 radical (unpaired) electrons. The van der Waals surface area contributed by atoms with Gasteiger partial charge < -0.3 is 14.7 Å². The predicted molar refractivity (Wildman–Crippen MR) is 148 cm³/mol. The number of hydrogen-bond donors (Lipinski definition) is 1. The molecule has 3 saturated carbocycles. The summed E-state index contributed by atoms with van der Waals surface area (Å²) < 4.78 is 42.7. The Kier molecular flexibility index (Phi) is 8.56. The van der Waals surface area contributed by atoms with Crippen LogP contribution in [-0.4, -0.2) is 57.5 Å². The Hall–Kier alpha value is -2.30. The average Bonchev–Trinajstić information content (AvgIpc) is 3.32. The first-order valence-electron chi connectivity index (χ1n) is 14.1. The van der Waals surface area contributed by atoms with Crippen molar-refractivity contribution in [3.8, 4) is 0 Å². The number of ketones is 1. The maximum absolute atomic E-state index is 14.2. The quantitative estimate of drug-likeness (QED) is 0.152. The summed E-state index contributed by atoms with van der Waals surface area (Å²) in [7, 11) is -2.47. The number of Topliss-reactive ketones (excluding diaryl/α,β-unsaturated/α-hetero) is 1. The van der Waals surface area contributed by atoms with Crippen LogP contribution in [0.5, 0.6) is 0 Å². The first-order chi connectivity index (χ1) is 18.7. The topological polar surface area (TPSA) is 129 Å². The highest BCUT2D eigenvalue weighted by atomic mass is 32.2. The molecule has 0 spiro atoms. The molecule has 0 aliphatic heterocycles. The van der Waals surface area contributed by atoms with Crippen molar-refractivity contribution in [2.45, 2.75) is 90.2 Å². The maximum Gasteiger partial charge on any atom is 0.333 e. The molecule has 4 rings (SSSR count). The van der Waals surface area contributed by atoms with Crippen molar-refractivity contribution in [1.82, 2.24) is 0 Å². The second-order valence-electron chi connectivity index (χ2n) is 12.7. The number of nitrogens with zero attached hydrogens (tertiary/aromatic N) is 1. The molecule has 40 heavy (non-hydrogen) atoms. The third kappa shape index (κ3) is 5.11. The fourth-order valence-electron chi connectivity index (χ4n) is 8.18. The van der Waals surface area contributed by atoms with Crippen molar-refractivity contribution < 1.29 is 36.9 Å². The van der Waals surface area contributed by atoms with Crippen molar-refractivity contribution in [3.05, 3.63) is 29.8 Å². The zero-order valence-electron chi connectivity index (χ0n) is 24.4. The zero-order chi connectivity index (χ0) is 29.5. The van der Waals surface area contributed by atoms with Crippen LogP contribution in [0.15, 0.2) is 34.3 Å². The molecule has 0 saturated heterocycles. The molecular formula is C30H43NO8S. The van der Waals surface area contributed by atoms with E-state index >= 15 is 0 Å².